The fourth-order valence-corrected chi connectivity index (χ4v) is 1.59. The summed E-state index contributed by atoms with van der Waals surface area (Å²) in [7, 11) is 3.49. The van der Waals surface area contributed by atoms with E-state index in [2.05, 4.69) is 5.32 Å². The largest absolute Gasteiger partial charge is 0.478 e. The van der Waals surface area contributed by atoms with E-state index in [9.17, 15) is 13.6 Å². The van der Waals surface area contributed by atoms with Crippen LogP contribution in [0.3, 0.4) is 0 Å². The van der Waals surface area contributed by atoms with Gasteiger partial charge in [-0.2, -0.15) is 0 Å². The van der Waals surface area contributed by atoms with Gasteiger partial charge in [-0.3, -0.25) is 0 Å². The molecular formula is C13H18F2N2O3. The number of nitrogens with one attached hydrogen (secondary N) is 1. The topological polar surface area (TPSA) is 61.8 Å². The monoisotopic (exact) mass is 288 g/mol. The molecule has 1 rings (SSSR count). The highest BCUT2D eigenvalue weighted by atomic mass is 19.2. The summed E-state index contributed by atoms with van der Waals surface area (Å²) in [5, 5.41) is 11.4. The number of nitrogens with zero attached hydrogens (tertiary/aromatic N) is 1. The average Bonchev–Trinajstić information content (AvgIpc) is 2.40. The molecule has 0 bridgehead atoms. The first kappa shape index (κ1) is 16.3. The molecule has 0 atom stereocenters. The molecular weight excluding hydrogens is 270 g/mol. The molecule has 0 unspecified atom stereocenters. The Morgan fingerprint density at radius 3 is 2.65 bits per heavy atom. The summed E-state index contributed by atoms with van der Waals surface area (Å²) >= 11 is 0. The van der Waals surface area contributed by atoms with Gasteiger partial charge < -0.3 is 20.1 Å². The van der Waals surface area contributed by atoms with E-state index in [4.69, 9.17) is 9.84 Å². The van der Waals surface area contributed by atoms with Gasteiger partial charge in [-0.05, 0) is 19.2 Å². The fraction of sp³-hybridized carbons (Fsp3) is 0.462. The van der Waals surface area contributed by atoms with Crippen LogP contribution in [0.5, 0.6) is 0 Å². The molecule has 0 aliphatic heterocycles. The molecule has 0 aliphatic carbocycles. The van der Waals surface area contributed by atoms with E-state index in [0.29, 0.717) is 19.7 Å². The number of carbonyl (C=O) groups is 1. The number of hydrogen-bond donors (Lipinski definition) is 2. The lowest BCUT2D eigenvalue weighted by atomic mass is 10.2. The maximum absolute atomic E-state index is 13.6. The van der Waals surface area contributed by atoms with Gasteiger partial charge in [0.05, 0.1) is 17.9 Å². The van der Waals surface area contributed by atoms with Crippen molar-refractivity contribution in [3.8, 4) is 0 Å². The normalized spacial score (nSPS) is 10.8. The summed E-state index contributed by atoms with van der Waals surface area (Å²) in [6.07, 6.45) is 0. The molecule has 0 aliphatic rings. The Morgan fingerprint density at radius 2 is 2.05 bits per heavy atom. The molecule has 0 saturated carbocycles. The van der Waals surface area contributed by atoms with Crippen LogP contribution in [-0.4, -0.2) is 56.4 Å². The Labute approximate surface area is 116 Å². The summed E-state index contributed by atoms with van der Waals surface area (Å²) in [4.78, 5) is 12.6. The van der Waals surface area contributed by atoms with Crippen molar-refractivity contribution in [2.45, 2.75) is 0 Å². The highest BCUT2D eigenvalue weighted by Crippen LogP contribution is 2.20. The predicted molar refractivity (Wildman–Crippen MR) is 71.2 cm³/mol. The van der Waals surface area contributed by atoms with Crippen LogP contribution in [0.4, 0.5) is 14.5 Å². The zero-order valence-electron chi connectivity index (χ0n) is 11.4. The summed E-state index contributed by atoms with van der Waals surface area (Å²) < 4.78 is 32.0. The zero-order chi connectivity index (χ0) is 15.1. The van der Waals surface area contributed by atoms with Crippen molar-refractivity contribution in [1.29, 1.82) is 0 Å². The van der Waals surface area contributed by atoms with Crippen LogP contribution in [0.25, 0.3) is 0 Å². The Balaban J connectivity index is 2.57. The van der Waals surface area contributed by atoms with Gasteiger partial charge in [-0.25, -0.2) is 13.6 Å². The molecule has 20 heavy (non-hydrogen) atoms. The molecule has 7 heteroatoms. The number of carboxylic acids is 1. The maximum atomic E-state index is 13.6. The standard InChI is InChI=1S/C13H18F2N2O3/c1-17(7-8-20-2)6-5-16-10-4-3-9(13(18)19)11(14)12(10)15/h3-4,16H,5-8H2,1-2H3,(H,18,19). The second kappa shape index (κ2) is 7.76. The van der Waals surface area contributed by atoms with Crippen LogP contribution < -0.4 is 5.32 Å². The Kier molecular flexibility index (Phi) is 6.33. The van der Waals surface area contributed by atoms with Gasteiger partial charge in [-0.1, -0.05) is 0 Å². The number of benzene rings is 1. The van der Waals surface area contributed by atoms with Gasteiger partial charge in [0.1, 0.15) is 0 Å². The number of methoxy groups -OCH3 is 1. The lowest BCUT2D eigenvalue weighted by Gasteiger charge is -2.17. The smallest absolute Gasteiger partial charge is 0.338 e. The molecule has 0 radical (unpaired) electrons. The van der Waals surface area contributed by atoms with Crippen molar-refractivity contribution in [1.82, 2.24) is 4.90 Å². The van der Waals surface area contributed by atoms with Crippen molar-refractivity contribution in [2.24, 2.45) is 0 Å². The third-order valence-electron chi connectivity index (χ3n) is 2.80. The minimum atomic E-state index is -1.49. The van der Waals surface area contributed by atoms with Crippen molar-refractivity contribution in [3.63, 3.8) is 0 Å². The third-order valence-corrected chi connectivity index (χ3v) is 2.80. The minimum Gasteiger partial charge on any atom is -0.478 e. The lowest BCUT2D eigenvalue weighted by Crippen LogP contribution is -2.28. The highest BCUT2D eigenvalue weighted by molar-refractivity contribution is 5.88. The number of ether oxygens (including phenoxy) is 1. The van der Waals surface area contributed by atoms with E-state index in [-0.39, 0.29) is 5.69 Å². The van der Waals surface area contributed by atoms with Gasteiger partial charge in [0, 0.05) is 26.7 Å². The molecule has 2 N–H and O–H groups in total. The zero-order valence-corrected chi connectivity index (χ0v) is 11.4. The van der Waals surface area contributed by atoms with Crippen LogP contribution in [0.1, 0.15) is 10.4 Å². The van der Waals surface area contributed by atoms with E-state index in [1.54, 1.807) is 7.11 Å². The number of likely N-dealkylation sites (N-methyl/N-ethyl adjacent to an activating group) is 1. The second-order valence-electron chi connectivity index (χ2n) is 4.32. The summed E-state index contributed by atoms with van der Waals surface area (Å²) in [6, 6.07) is 2.26. The van der Waals surface area contributed by atoms with Crippen LogP contribution in [0.15, 0.2) is 12.1 Å². The van der Waals surface area contributed by atoms with E-state index >= 15 is 0 Å². The first-order valence-corrected chi connectivity index (χ1v) is 6.10. The summed E-state index contributed by atoms with van der Waals surface area (Å²) in [5.41, 5.74) is -0.724. The van der Waals surface area contributed by atoms with E-state index in [1.165, 1.54) is 6.07 Å². The van der Waals surface area contributed by atoms with Gasteiger partial charge in [0.15, 0.2) is 11.6 Å². The summed E-state index contributed by atoms with van der Waals surface area (Å²) in [5.74, 6) is -4.02. The number of carboxylic acid groups (broad SMARTS) is 1. The van der Waals surface area contributed by atoms with E-state index in [1.807, 2.05) is 11.9 Å². The van der Waals surface area contributed by atoms with Crippen LogP contribution in [0, 0.1) is 11.6 Å². The number of anilines is 1. The van der Waals surface area contributed by atoms with Crippen molar-refractivity contribution < 1.29 is 23.4 Å². The maximum Gasteiger partial charge on any atom is 0.338 e. The molecule has 0 amide bonds. The first-order valence-electron chi connectivity index (χ1n) is 6.10. The first-order chi connectivity index (χ1) is 9.47. The van der Waals surface area contributed by atoms with Gasteiger partial charge >= 0.3 is 5.97 Å². The molecule has 0 aromatic heterocycles. The quantitative estimate of drug-likeness (QED) is 0.761. The van der Waals surface area contributed by atoms with E-state index < -0.39 is 23.2 Å². The van der Waals surface area contributed by atoms with Crippen LogP contribution >= 0.6 is 0 Å². The fourth-order valence-electron chi connectivity index (χ4n) is 1.59. The molecule has 112 valence electrons. The molecule has 1 aromatic carbocycles. The average molecular weight is 288 g/mol. The van der Waals surface area contributed by atoms with Crippen LogP contribution in [0.2, 0.25) is 0 Å². The molecule has 1 aromatic rings. The number of rotatable bonds is 8. The molecule has 0 spiro atoms. The molecule has 0 fully saturated rings. The Hall–Kier alpha value is -1.73. The van der Waals surface area contributed by atoms with E-state index in [0.717, 1.165) is 12.6 Å². The third kappa shape index (κ3) is 4.43. The van der Waals surface area contributed by atoms with Crippen LogP contribution in [-0.2, 0) is 4.74 Å². The van der Waals surface area contributed by atoms with Gasteiger partial charge in [0.2, 0.25) is 0 Å². The number of halogens is 2. The molecule has 0 saturated heterocycles. The lowest BCUT2D eigenvalue weighted by molar-refractivity contribution is 0.0690. The van der Waals surface area contributed by atoms with Gasteiger partial charge in [0.25, 0.3) is 0 Å². The molecule has 5 nitrogen and oxygen atoms in total. The Morgan fingerprint density at radius 1 is 1.35 bits per heavy atom. The Bertz CT molecular complexity index is 469. The minimum absolute atomic E-state index is 0.0485. The molecule has 0 heterocycles. The van der Waals surface area contributed by atoms with Gasteiger partial charge in [-0.15, -0.1) is 0 Å². The highest BCUT2D eigenvalue weighted by Gasteiger charge is 2.17. The number of hydrogen-bond acceptors (Lipinski definition) is 4. The van der Waals surface area contributed by atoms with Crippen molar-refractivity contribution >= 4 is 11.7 Å². The second-order valence-corrected chi connectivity index (χ2v) is 4.32. The number of aromatic carboxylic acids is 1. The predicted octanol–water partition coefficient (Wildman–Crippen LogP) is 1.65. The van der Waals surface area contributed by atoms with Crippen molar-refractivity contribution in [2.75, 3.05) is 45.7 Å². The SMILES string of the molecule is COCCN(C)CCNc1ccc(C(=O)O)c(F)c1F. The van der Waals surface area contributed by atoms with Crippen molar-refractivity contribution in [3.05, 3.63) is 29.3 Å². The summed E-state index contributed by atoms with van der Waals surface area (Å²) in [6.45, 7) is 2.34.